The molecule has 1 amide bonds. The Hall–Kier alpha value is -2.33. The quantitative estimate of drug-likeness (QED) is 0.641. The lowest BCUT2D eigenvalue weighted by atomic mass is 9.73. The fourth-order valence-electron chi connectivity index (χ4n) is 4.57. The molecule has 148 valence electrons. The summed E-state index contributed by atoms with van der Waals surface area (Å²) in [7, 11) is 2.13. The van der Waals surface area contributed by atoms with Gasteiger partial charge in [0.15, 0.2) is 0 Å². The topological polar surface area (TPSA) is 42.0 Å². The monoisotopic (exact) mass is 404 g/mol. The van der Waals surface area contributed by atoms with Crippen LogP contribution in [0.15, 0.2) is 54.7 Å². The molecule has 5 heteroatoms. The third-order valence-corrected chi connectivity index (χ3v) is 6.63. The molecule has 1 unspecified atom stereocenters. The molecule has 0 spiro atoms. The van der Waals surface area contributed by atoms with Crippen LogP contribution in [0.2, 0.25) is 5.02 Å². The summed E-state index contributed by atoms with van der Waals surface area (Å²) >= 11 is 5.93. The summed E-state index contributed by atoms with van der Waals surface area (Å²) in [6, 6.07) is 16.0. The third kappa shape index (κ3) is 4.48. The van der Waals surface area contributed by atoms with Crippen LogP contribution in [-0.2, 0) is 4.79 Å². The second-order valence-corrected chi connectivity index (χ2v) is 8.75. The van der Waals surface area contributed by atoms with Gasteiger partial charge >= 0.3 is 0 Å². The number of carbonyl (C=O) groups excluding carboxylic acids is 1. The number of aromatic nitrogens is 1. The lowest BCUT2D eigenvalue weighted by Crippen LogP contribution is -2.29. The molecule has 0 bridgehead atoms. The zero-order valence-corrected chi connectivity index (χ0v) is 17.7. The highest BCUT2D eigenvalue weighted by molar-refractivity contribution is 6.33. The molecule has 1 aromatic heterocycles. The average Bonchev–Trinajstić information content (AvgIpc) is 2.74. The molecule has 1 atom stereocenters. The molecule has 2 aromatic carbocycles. The molecule has 1 aliphatic rings. The number of nitrogens with zero attached hydrogens (tertiary/aromatic N) is 1. The molecular formula is C24H26BClN2O. The first-order chi connectivity index (χ1) is 14.0. The molecule has 1 heterocycles. The Bertz CT molecular complexity index is 1010. The standard InChI is InChI=1S/C24H26BClN2O/c1-15(24(29)28-20-9-7-19(26)8-10-20)16-2-4-17(5-3-16)21-12-13-27-23-11-6-18(25)14-22(21)23/h6-17H,2-5,25H2,1H3,(H,28,29). The lowest BCUT2D eigenvalue weighted by Gasteiger charge is -2.32. The minimum atomic E-state index is 0.00283. The highest BCUT2D eigenvalue weighted by Crippen LogP contribution is 2.40. The van der Waals surface area contributed by atoms with Gasteiger partial charge in [-0.05, 0) is 79.5 Å². The van der Waals surface area contributed by atoms with Crippen LogP contribution in [0, 0.1) is 11.8 Å². The van der Waals surface area contributed by atoms with Crippen LogP contribution >= 0.6 is 11.6 Å². The number of rotatable bonds is 4. The maximum Gasteiger partial charge on any atom is 0.227 e. The van der Waals surface area contributed by atoms with E-state index in [1.165, 1.54) is 16.4 Å². The second-order valence-electron chi connectivity index (χ2n) is 8.32. The molecule has 3 nitrogen and oxygen atoms in total. The summed E-state index contributed by atoms with van der Waals surface area (Å²) in [6.07, 6.45) is 6.33. The molecule has 1 aliphatic carbocycles. The van der Waals surface area contributed by atoms with E-state index in [4.69, 9.17) is 11.6 Å². The smallest absolute Gasteiger partial charge is 0.227 e. The fourth-order valence-corrected chi connectivity index (χ4v) is 4.70. The van der Waals surface area contributed by atoms with Crippen LogP contribution in [0.3, 0.4) is 0 Å². The van der Waals surface area contributed by atoms with Gasteiger partial charge in [0, 0.05) is 28.2 Å². The maximum atomic E-state index is 12.7. The van der Waals surface area contributed by atoms with Gasteiger partial charge in [0.05, 0.1) is 5.52 Å². The number of nitrogens with one attached hydrogen (secondary N) is 1. The summed E-state index contributed by atoms with van der Waals surface area (Å²) in [5.41, 5.74) is 4.56. The largest absolute Gasteiger partial charge is 0.326 e. The molecule has 29 heavy (non-hydrogen) atoms. The molecule has 4 rings (SSSR count). The zero-order valence-electron chi connectivity index (χ0n) is 17.0. The molecule has 0 saturated heterocycles. The number of carbonyl (C=O) groups is 1. The lowest BCUT2D eigenvalue weighted by molar-refractivity contribution is -0.121. The summed E-state index contributed by atoms with van der Waals surface area (Å²) in [6.45, 7) is 2.06. The van der Waals surface area contributed by atoms with E-state index in [9.17, 15) is 4.79 Å². The van der Waals surface area contributed by atoms with Gasteiger partial charge < -0.3 is 5.32 Å². The highest BCUT2D eigenvalue weighted by Gasteiger charge is 2.30. The summed E-state index contributed by atoms with van der Waals surface area (Å²) in [4.78, 5) is 17.2. The third-order valence-electron chi connectivity index (χ3n) is 6.37. The van der Waals surface area contributed by atoms with Crippen molar-refractivity contribution in [3.05, 3.63) is 65.3 Å². The molecule has 0 aliphatic heterocycles. The maximum absolute atomic E-state index is 12.7. The van der Waals surface area contributed by atoms with Gasteiger partial charge in [-0.15, -0.1) is 0 Å². The Balaban J connectivity index is 1.41. The van der Waals surface area contributed by atoms with Crippen molar-refractivity contribution >= 4 is 47.4 Å². The van der Waals surface area contributed by atoms with Gasteiger partial charge in [0.1, 0.15) is 7.85 Å². The molecule has 1 N–H and O–H groups in total. The number of benzene rings is 2. The number of anilines is 1. The van der Waals surface area contributed by atoms with Gasteiger partial charge in [-0.2, -0.15) is 0 Å². The van der Waals surface area contributed by atoms with Crippen LogP contribution in [0.4, 0.5) is 5.69 Å². The predicted molar refractivity (Wildman–Crippen MR) is 124 cm³/mol. The van der Waals surface area contributed by atoms with E-state index >= 15 is 0 Å². The normalized spacial score (nSPS) is 20.3. The van der Waals surface area contributed by atoms with Gasteiger partial charge in [0.2, 0.25) is 5.91 Å². The van der Waals surface area contributed by atoms with Crippen LogP contribution in [0.1, 0.15) is 44.1 Å². The first-order valence-corrected chi connectivity index (χ1v) is 10.8. The minimum absolute atomic E-state index is 0.00283. The van der Waals surface area contributed by atoms with Crippen molar-refractivity contribution in [3.63, 3.8) is 0 Å². The van der Waals surface area contributed by atoms with Gasteiger partial charge in [-0.1, -0.05) is 36.1 Å². The number of pyridine rings is 1. The van der Waals surface area contributed by atoms with Crippen molar-refractivity contribution in [1.82, 2.24) is 4.98 Å². The number of hydrogen-bond acceptors (Lipinski definition) is 2. The van der Waals surface area contributed by atoms with E-state index in [0.717, 1.165) is 36.9 Å². The summed E-state index contributed by atoms with van der Waals surface area (Å²) in [5, 5.41) is 4.99. The Morgan fingerprint density at radius 2 is 1.83 bits per heavy atom. The average molecular weight is 405 g/mol. The SMILES string of the molecule is Bc1ccc2nccc(C3CCC(C(C)C(=O)Nc4ccc(Cl)cc4)CC3)c2c1. The summed E-state index contributed by atoms with van der Waals surface area (Å²) in [5.74, 6) is 1.07. The van der Waals surface area contributed by atoms with Crippen molar-refractivity contribution in [3.8, 4) is 0 Å². The molecule has 1 saturated carbocycles. The zero-order chi connectivity index (χ0) is 20.4. The number of fused-ring (bicyclic) bond motifs is 1. The van der Waals surface area contributed by atoms with Crippen molar-refractivity contribution in [1.29, 1.82) is 0 Å². The first kappa shape index (κ1) is 20.0. The van der Waals surface area contributed by atoms with E-state index in [0.29, 0.717) is 16.9 Å². The predicted octanol–water partition coefficient (Wildman–Crippen LogP) is 4.70. The van der Waals surface area contributed by atoms with Gasteiger partial charge in [-0.25, -0.2) is 0 Å². The first-order valence-electron chi connectivity index (χ1n) is 10.4. The second kappa shape index (κ2) is 8.58. The van der Waals surface area contributed by atoms with E-state index in [2.05, 4.69) is 49.3 Å². The number of hydrogen-bond donors (Lipinski definition) is 1. The summed E-state index contributed by atoms with van der Waals surface area (Å²) < 4.78 is 0. The Labute approximate surface area is 178 Å². The highest BCUT2D eigenvalue weighted by atomic mass is 35.5. The number of halogens is 1. The van der Waals surface area contributed by atoms with Crippen LogP contribution in [0.5, 0.6) is 0 Å². The van der Waals surface area contributed by atoms with Crippen molar-refractivity contribution in [2.75, 3.05) is 5.32 Å². The fraction of sp³-hybridized carbons (Fsp3) is 0.333. The van der Waals surface area contributed by atoms with Crippen molar-refractivity contribution < 1.29 is 4.79 Å². The van der Waals surface area contributed by atoms with Crippen molar-refractivity contribution in [2.24, 2.45) is 11.8 Å². The van der Waals surface area contributed by atoms with Crippen LogP contribution in [0.25, 0.3) is 10.9 Å². The Morgan fingerprint density at radius 3 is 2.55 bits per heavy atom. The Kier molecular flexibility index (Phi) is 5.91. The van der Waals surface area contributed by atoms with E-state index in [1.54, 1.807) is 12.1 Å². The van der Waals surface area contributed by atoms with Gasteiger partial charge in [0.25, 0.3) is 0 Å². The molecule has 0 radical (unpaired) electrons. The van der Waals surface area contributed by atoms with E-state index in [1.807, 2.05) is 18.3 Å². The molecule has 1 fully saturated rings. The molecule has 3 aromatic rings. The Morgan fingerprint density at radius 1 is 1.10 bits per heavy atom. The van der Waals surface area contributed by atoms with E-state index < -0.39 is 0 Å². The van der Waals surface area contributed by atoms with E-state index in [-0.39, 0.29) is 11.8 Å². The van der Waals surface area contributed by atoms with Crippen LogP contribution < -0.4 is 10.8 Å². The molecular weight excluding hydrogens is 379 g/mol. The van der Waals surface area contributed by atoms with Gasteiger partial charge in [-0.3, -0.25) is 9.78 Å². The van der Waals surface area contributed by atoms with Crippen molar-refractivity contribution in [2.45, 2.75) is 38.5 Å². The number of amides is 1. The minimum Gasteiger partial charge on any atom is -0.326 e. The van der Waals surface area contributed by atoms with Crippen LogP contribution in [-0.4, -0.2) is 18.7 Å².